The van der Waals surface area contributed by atoms with Crippen LogP contribution in [0.3, 0.4) is 0 Å². The molecule has 0 spiro atoms. The Morgan fingerprint density at radius 1 is 1.45 bits per heavy atom. The molecule has 0 radical (unpaired) electrons. The maximum absolute atomic E-state index is 4.15. The maximum atomic E-state index is 4.15. The zero-order chi connectivity index (χ0) is 7.84. The van der Waals surface area contributed by atoms with E-state index in [0.717, 1.165) is 0 Å². The molecule has 3 heteroatoms. The van der Waals surface area contributed by atoms with Crippen molar-refractivity contribution in [3.8, 4) is 0 Å². The molecule has 0 N–H and O–H groups in total. The van der Waals surface area contributed by atoms with Gasteiger partial charge in [-0.15, -0.1) is 0 Å². The largest absolute Gasteiger partial charge is 0.268 e. The lowest BCUT2D eigenvalue weighted by Gasteiger charge is -1.93. The van der Waals surface area contributed by atoms with Gasteiger partial charge in [0.05, 0.1) is 11.7 Å². The van der Waals surface area contributed by atoms with Crippen molar-refractivity contribution in [2.75, 3.05) is 0 Å². The molecule has 1 aromatic heterocycles. The molecule has 0 aliphatic carbocycles. The lowest BCUT2D eigenvalue weighted by molar-refractivity contribution is 0.797. The van der Waals surface area contributed by atoms with Crippen LogP contribution in [0.2, 0.25) is 0 Å². The number of nitrogens with zero attached hydrogens (tertiary/aromatic N) is 2. The highest BCUT2D eigenvalue weighted by molar-refractivity contribution is 14.1. The number of halogens is 1. The predicted octanol–water partition coefficient (Wildman–Crippen LogP) is 2.18. The fourth-order valence-electron chi connectivity index (χ4n) is 1.12. The van der Waals surface area contributed by atoms with Gasteiger partial charge in [-0.1, -0.05) is 6.07 Å². The van der Waals surface area contributed by atoms with E-state index in [4.69, 9.17) is 0 Å². The van der Waals surface area contributed by atoms with E-state index in [-0.39, 0.29) is 0 Å². The molecule has 2 aromatic rings. The van der Waals surface area contributed by atoms with E-state index >= 15 is 0 Å². The van der Waals surface area contributed by atoms with E-state index in [0.29, 0.717) is 0 Å². The van der Waals surface area contributed by atoms with E-state index < -0.39 is 0 Å². The molecule has 11 heavy (non-hydrogen) atoms. The SMILES string of the molecule is Cn1ncc2ccc(I)cc21. The number of benzene rings is 1. The summed E-state index contributed by atoms with van der Waals surface area (Å²) in [6, 6.07) is 6.30. The van der Waals surface area contributed by atoms with Crippen LogP contribution in [0.5, 0.6) is 0 Å². The monoisotopic (exact) mass is 258 g/mol. The number of aryl methyl sites for hydroxylation is 1. The smallest absolute Gasteiger partial charge is 0.0689 e. The van der Waals surface area contributed by atoms with Gasteiger partial charge in [0.1, 0.15) is 0 Å². The average Bonchev–Trinajstić information content (AvgIpc) is 2.33. The van der Waals surface area contributed by atoms with Gasteiger partial charge in [0.15, 0.2) is 0 Å². The van der Waals surface area contributed by atoms with Crippen molar-refractivity contribution in [3.05, 3.63) is 28.0 Å². The Balaban J connectivity index is 2.87. The first-order chi connectivity index (χ1) is 5.27. The standard InChI is InChI=1S/C8H7IN2/c1-11-8-4-7(9)3-2-6(8)5-10-11/h2-5H,1H3. The number of rotatable bonds is 0. The zero-order valence-electron chi connectivity index (χ0n) is 6.08. The van der Waals surface area contributed by atoms with Crippen LogP contribution in [-0.4, -0.2) is 9.78 Å². The molecule has 56 valence electrons. The minimum atomic E-state index is 1.19. The molecule has 0 saturated heterocycles. The first-order valence-corrected chi connectivity index (χ1v) is 4.42. The van der Waals surface area contributed by atoms with Gasteiger partial charge in [0.2, 0.25) is 0 Å². The Bertz CT molecular complexity index is 392. The van der Waals surface area contributed by atoms with E-state index in [1.807, 2.05) is 17.9 Å². The van der Waals surface area contributed by atoms with Crippen LogP contribution in [0.25, 0.3) is 10.9 Å². The van der Waals surface area contributed by atoms with E-state index in [1.54, 1.807) is 0 Å². The summed E-state index contributed by atoms with van der Waals surface area (Å²) >= 11 is 2.30. The van der Waals surface area contributed by atoms with Gasteiger partial charge in [0, 0.05) is 16.0 Å². The summed E-state index contributed by atoms with van der Waals surface area (Å²) in [5.74, 6) is 0. The van der Waals surface area contributed by atoms with Crippen LogP contribution >= 0.6 is 22.6 Å². The van der Waals surface area contributed by atoms with E-state index in [1.165, 1.54) is 14.5 Å². The second-order valence-corrected chi connectivity index (χ2v) is 3.72. The summed E-state index contributed by atoms with van der Waals surface area (Å²) in [4.78, 5) is 0. The van der Waals surface area contributed by atoms with Gasteiger partial charge in [-0.3, -0.25) is 4.68 Å². The maximum Gasteiger partial charge on any atom is 0.0689 e. The molecule has 1 aromatic carbocycles. The Morgan fingerprint density at radius 3 is 3.09 bits per heavy atom. The third-order valence-corrected chi connectivity index (χ3v) is 2.38. The minimum absolute atomic E-state index is 1.19. The summed E-state index contributed by atoms with van der Waals surface area (Å²) in [7, 11) is 1.96. The molecular weight excluding hydrogens is 251 g/mol. The van der Waals surface area contributed by atoms with Crippen molar-refractivity contribution in [1.29, 1.82) is 0 Å². The number of hydrogen-bond donors (Lipinski definition) is 0. The van der Waals surface area contributed by atoms with Crippen LogP contribution < -0.4 is 0 Å². The Labute approximate surface area is 78.3 Å². The average molecular weight is 258 g/mol. The number of aromatic nitrogens is 2. The van der Waals surface area contributed by atoms with E-state index in [9.17, 15) is 0 Å². The van der Waals surface area contributed by atoms with Gasteiger partial charge in [-0.05, 0) is 34.7 Å². The van der Waals surface area contributed by atoms with Gasteiger partial charge >= 0.3 is 0 Å². The van der Waals surface area contributed by atoms with Crippen molar-refractivity contribution >= 4 is 33.5 Å². The third-order valence-electron chi connectivity index (χ3n) is 1.71. The topological polar surface area (TPSA) is 17.8 Å². The molecule has 0 unspecified atom stereocenters. The molecule has 0 atom stereocenters. The second kappa shape index (κ2) is 2.48. The highest BCUT2D eigenvalue weighted by Crippen LogP contribution is 2.15. The third kappa shape index (κ3) is 1.13. The van der Waals surface area contributed by atoms with Crippen LogP contribution in [0.15, 0.2) is 24.4 Å². The van der Waals surface area contributed by atoms with Gasteiger partial charge < -0.3 is 0 Å². The molecule has 2 nitrogen and oxygen atoms in total. The van der Waals surface area contributed by atoms with Crippen LogP contribution in [0, 0.1) is 3.57 Å². The molecule has 2 rings (SSSR count). The molecule has 0 saturated carbocycles. The van der Waals surface area contributed by atoms with Gasteiger partial charge in [0.25, 0.3) is 0 Å². The second-order valence-electron chi connectivity index (χ2n) is 2.47. The molecule has 0 amide bonds. The van der Waals surface area contributed by atoms with Crippen molar-refractivity contribution in [2.24, 2.45) is 7.05 Å². The molecule has 0 fully saturated rings. The normalized spacial score (nSPS) is 10.7. The van der Waals surface area contributed by atoms with E-state index in [2.05, 4.69) is 45.9 Å². The fourth-order valence-corrected chi connectivity index (χ4v) is 1.59. The lowest BCUT2D eigenvalue weighted by atomic mass is 10.3. The Kier molecular flexibility index (Phi) is 1.60. The summed E-state index contributed by atoms with van der Waals surface area (Å²) in [5.41, 5.74) is 1.19. The molecule has 0 bridgehead atoms. The predicted molar refractivity (Wildman–Crippen MR) is 53.4 cm³/mol. The first kappa shape index (κ1) is 7.09. The van der Waals surface area contributed by atoms with Crippen molar-refractivity contribution in [2.45, 2.75) is 0 Å². The van der Waals surface area contributed by atoms with Crippen LogP contribution in [-0.2, 0) is 7.05 Å². The molecule has 0 aliphatic rings. The van der Waals surface area contributed by atoms with Gasteiger partial charge in [-0.25, -0.2) is 0 Å². The lowest BCUT2D eigenvalue weighted by Crippen LogP contribution is -1.88. The quantitative estimate of drug-likeness (QED) is 0.662. The first-order valence-electron chi connectivity index (χ1n) is 3.34. The molecular formula is C8H7IN2. The zero-order valence-corrected chi connectivity index (χ0v) is 8.24. The van der Waals surface area contributed by atoms with Crippen LogP contribution in [0.4, 0.5) is 0 Å². The highest BCUT2D eigenvalue weighted by atomic mass is 127. The summed E-state index contributed by atoms with van der Waals surface area (Å²) < 4.78 is 3.14. The number of fused-ring (bicyclic) bond motifs is 1. The van der Waals surface area contributed by atoms with Crippen molar-refractivity contribution in [1.82, 2.24) is 9.78 Å². The van der Waals surface area contributed by atoms with Crippen molar-refractivity contribution < 1.29 is 0 Å². The van der Waals surface area contributed by atoms with Crippen LogP contribution in [0.1, 0.15) is 0 Å². The molecule has 0 aliphatic heterocycles. The number of hydrogen-bond acceptors (Lipinski definition) is 1. The summed E-state index contributed by atoms with van der Waals surface area (Å²) in [6.07, 6.45) is 1.88. The summed E-state index contributed by atoms with van der Waals surface area (Å²) in [5, 5.41) is 5.35. The fraction of sp³-hybridized carbons (Fsp3) is 0.125. The molecule has 1 heterocycles. The Morgan fingerprint density at radius 2 is 2.27 bits per heavy atom. The minimum Gasteiger partial charge on any atom is -0.268 e. The van der Waals surface area contributed by atoms with Gasteiger partial charge in [-0.2, -0.15) is 5.10 Å². The summed E-state index contributed by atoms with van der Waals surface area (Å²) in [6.45, 7) is 0. The van der Waals surface area contributed by atoms with Crippen molar-refractivity contribution in [3.63, 3.8) is 0 Å². The highest BCUT2D eigenvalue weighted by Gasteiger charge is 1.97. The Hall–Kier alpha value is -0.580.